The molecule has 0 unspecified atom stereocenters. The fourth-order valence-electron chi connectivity index (χ4n) is 1.72. The van der Waals surface area contributed by atoms with Gasteiger partial charge in [0, 0.05) is 11.9 Å². The maximum absolute atomic E-state index is 13.0. The van der Waals surface area contributed by atoms with Crippen molar-refractivity contribution in [3.05, 3.63) is 70.6 Å². The van der Waals surface area contributed by atoms with Crippen molar-refractivity contribution >= 4 is 29.4 Å². The second kappa shape index (κ2) is 6.90. The third-order valence-corrected chi connectivity index (χ3v) is 3.13. The number of aryl methyl sites for hydroxylation is 1. The minimum atomic E-state index is -0.526. The predicted molar refractivity (Wildman–Crippen MR) is 83.8 cm³/mol. The van der Waals surface area contributed by atoms with E-state index in [1.807, 2.05) is 31.2 Å². The Morgan fingerprint density at radius 1 is 1.24 bits per heavy atom. The van der Waals surface area contributed by atoms with Crippen LogP contribution in [-0.2, 0) is 0 Å². The van der Waals surface area contributed by atoms with E-state index in [4.69, 9.17) is 11.6 Å². The highest BCUT2D eigenvalue weighted by molar-refractivity contribution is 6.31. The number of hydrogen-bond donors (Lipinski definition) is 2. The number of hydrogen-bond acceptors (Lipinski definition) is 1. The van der Waals surface area contributed by atoms with Gasteiger partial charge in [0.15, 0.2) is 0 Å². The second-order valence-corrected chi connectivity index (χ2v) is 4.82. The molecular weight excluding hydrogens is 291 g/mol. The fraction of sp³-hybridized carbons (Fsp3) is 0.0625. The van der Waals surface area contributed by atoms with Crippen molar-refractivity contribution in [3.63, 3.8) is 0 Å². The van der Waals surface area contributed by atoms with E-state index in [9.17, 15) is 9.18 Å². The lowest BCUT2D eigenvalue weighted by Gasteiger charge is -2.05. The van der Waals surface area contributed by atoms with Gasteiger partial charge in [0.2, 0.25) is 0 Å². The van der Waals surface area contributed by atoms with E-state index in [1.165, 1.54) is 18.2 Å². The van der Waals surface area contributed by atoms with Crippen LogP contribution in [0.2, 0.25) is 5.02 Å². The van der Waals surface area contributed by atoms with Crippen LogP contribution < -0.4 is 10.6 Å². The molecule has 0 aliphatic rings. The zero-order valence-electron chi connectivity index (χ0n) is 11.4. The number of urea groups is 1. The van der Waals surface area contributed by atoms with Gasteiger partial charge in [-0.15, -0.1) is 0 Å². The SMILES string of the molecule is Cc1ccccc1/C=C/NC(=O)Nc1ccc(F)c(Cl)c1. The predicted octanol–water partition coefficient (Wildman–Crippen LogP) is 4.58. The highest BCUT2D eigenvalue weighted by atomic mass is 35.5. The standard InChI is InChI=1S/C16H14ClFN2O/c1-11-4-2-3-5-12(11)8-9-19-16(21)20-13-6-7-15(18)14(17)10-13/h2-10H,1H3,(H2,19,20,21)/b9-8+. The summed E-state index contributed by atoms with van der Waals surface area (Å²) in [4.78, 5) is 11.7. The average Bonchev–Trinajstić information content (AvgIpc) is 2.45. The molecule has 0 saturated carbocycles. The molecule has 0 radical (unpaired) electrons. The highest BCUT2D eigenvalue weighted by Crippen LogP contribution is 2.19. The van der Waals surface area contributed by atoms with E-state index in [-0.39, 0.29) is 5.02 Å². The van der Waals surface area contributed by atoms with Gasteiger partial charge in [0.05, 0.1) is 5.02 Å². The van der Waals surface area contributed by atoms with E-state index in [2.05, 4.69) is 10.6 Å². The Morgan fingerprint density at radius 3 is 2.71 bits per heavy atom. The van der Waals surface area contributed by atoms with Crippen LogP contribution in [0.3, 0.4) is 0 Å². The van der Waals surface area contributed by atoms with Crippen molar-refractivity contribution < 1.29 is 9.18 Å². The Balaban J connectivity index is 1.93. The number of benzene rings is 2. The quantitative estimate of drug-likeness (QED) is 0.856. The van der Waals surface area contributed by atoms with Gasteiger partial charge in [-0.25, -0.2) is 9.18 Å². The first-order valence-corrected chi connectivity index (χ1v) is 6.69. The molecule has 2 aromatic rings. The molecule has 5 heteroatoms. The van der Waals surface area contributed by atoms with E-state index < -0.39 is 11.8 Å². The second-order valence-electron chi connectivity index (χ2n) is 4.42. The molecule has 0 aliphatic heterocycles. The van der Waals surface area contributed by atoms with Crippen molar-refractivity contribution in [2.75, 3.05) is 5.32 Å². The number of carbonyl (C=O) groups excluding carboxylic acids is 1. The number of amides is 2. The third-order valence-electron chi connectivity index (χ3n) is 2.84. The van der Waals surface area contributed by atoms with Crippen molar-refractivity contribution in [2.24, 2.45) is 0 Å². The molecule has 2 rings (SSSR count). The van der Waals surface area contributed by atoms with Crippen LogP contribution in [0, 0.1) is 12.7 Å². The Bertz CT molecular complexity index is 686. The van der Waals surface area contributed by atoms with Crippen LogP contribution in [0.5, 0.6) is 0 Å². The van der Waals surface area contributed by atoms with Crippen LogP contribution in [0.25, 0.3) is 6.08 Å². The average molecular weight is 305 g/mol. The molecular formula is C16H14ClFN2O. The summed E-state index contributed by atoms with van der Waals surface area (Å²) in [6.07, 6.45) is 3.34. The highest BCUT2D eigenvalue weighted by Gasteiger charge is 2.03. The molecule has 108 valence electrons. The summed E-state index contributed by atoms with van der Waals surface area (Å²) in [5.41, 5.74) is 2.55. The van der Waals surface area contributed by atoms with E-state index in [0.717, 1.165) is 11.1 Å². The normalized spacial score (nSPS) is 10.6. The number of carbonyl (C=O) groups is 1. The van der Waals surface area contributed by atoms with Crippen molar-refractivity contribution in [1.29, 1.82) is 0 Å². The maximum Gasteiger partial charge on any atom is 0.323 e. The molecule has 21 heavy (non-hydrogen) atoms. The molecule has 2 amide bonds. The molecule has 0 spiro atoms. The number of halogens is 2. The van der Waals surface area contributed by atoms with Crippen molar-refractivity contribution in [1.82, 2.24) is 5.32 Å². The van der Waals surface area contributed by atoms with Gasteiger partial charge in [-0.05, 0) is 42.3 Å². The topological polar surface area (TPSA) is 41.1 Å². The monoisotopic (exact) mass is 304 g/mol. The van der Waals surface area contributed by atoms with Crippen LogP contribution in [-0.4, -0.2) is 6.03 Å². The maximum atomic E-state index is 13.0. The lowest BCUT2D eigenvalue weighted by Crippen LogP contribution is -2.23. The van der Waals surface area contributed by atoms with Crippen molar-refractivity contribution in [2.45, 2.75) is 6.92 Å². The summed E-state index contributed by atoms with van der Waals surface area (Å²) in [6.45, 7) is 1.99. The van der Waals surface area contributed by atoms with Crippen LogP contribution >= 0.6 is 11.6 Å². The molecule has 0 aromatic heterocycles. The molecule has 0 bridgehead atoms. The Hall–Kier alpha value is -2.33. The smallest absolute Gasteiger partial charge is 0.314 e. The molecule has 0 atom stereocenters. The lowest BCUT2D eigenvalue weighted by atomic mass is 10.1. The van der Waals surface area contributed by atoms with Gasteiger partial charge in [0.1, 0.15) is 5.82 Å². The van der Waals surface area contributed by atoms with Gasteiger partial charge in [-0.3, -0.25) is 0 Å². The first-order chi connectivity index (χ1) is 10.1. The summed E-state index contributed by atoms with van der Waals surface area (Å²) >= 11 is 5.64. The largest absolute Gasteiger partial charge is 0.323 e. The van der Waals surface area contributed by atoms with Crippen molar-refractivity contribution in [3.8, 4) is 0 Å². The van der Waals surface area contributed by atoms with Gasteiger partial charge in [0.25, 0.3) is 0 Å². The van der Waals surface area contributed by atoms with Gasteiger partial charge in [-0.1, -0.05) is 35.9 Å². The number of rotatable bonds is 3. The summed E-state index contributed by atoms with van der Waals surface area (Å²) in [5, 5.41) is 5.09. The third kappa shape index (κ3) is 4.33. The minimum absolute atomic E-state index is 0.0387. The minimum Gasteiger partial charge on any atom is -0.314 e. The Kier molecular flexibility index (Phi) is 4.95. The molecule has 3 nitrogen and oxygen atoms in total. The Morgan fingerprint density at radius 2 is 2.00 bits per heavy atom. The van der Waals surface area contributed by atoms with Gasteiger partial charge >= 0.3 is 6.03 Å². The summed E-state index contributed by atoms with van der Waals surface area (Å²) in [7, 11) is 0. The Labute approximate surface area is 127 Å². The van der Waals surface area contributed by atoms with Gasteiger partial charge < -0.3 is 10.6 Å². The van der Waals surface area contributed by atoms with Crippen LogP contribution in [0.15, 0.2) is 48.7 Å². The zero-order valence-corrected chi connectivity index (χ0v) is 12.1. The summed E-state index contributed by atoms with van der Waals surface area (Å²) in [6, 6.07) is 11.4. The zero-order chi connectivity index (χ0) is 15.2. The van der Waals surface area contributed by atoms with Crippen LogP contribution in [0.1, 0.15) is 11.1 Å². The molecule has 2 aromatic carbocycles. The molecule has 0 saturated heterocycles. The number of anilines is 1. The summed E-state index contributed by atoms with van der Waals surface area (Å²) in [5.74, 6) is -0.526. The van der Waals surface area contributed by atoms with Gasteiger partial charge in [-0.2, -0.15) is 0 Å². The fourth-order valence-corrected chi connectivity index (χ4v) is 1.90. The van der Waals surface area contributed by atoms with E-state index >= 15 is 0 Å². The number of nitrogens with one attached hydrogen (secondary N) is 2. The molecule has 0 aliphatic carbocycles. The lowest BCUT2D eigenvalue weighted by molar-refractivity contribution is 0.255. The van der Waals surface area contributed by atoms with Crippen LogP contribution in [0.4, 0.5) is 14.9 Å². The first kappa shape index (κ1) is 15.1. The summed E-state index contributed by atoms with van der Waals surface area (Å²) < 4.78 is 13.0. The van der Waals surface area contributed by atoms with E-state index in [1.54, 1.807) is 12.3 Å². The molecule has 0 heterocycles. The first-order valence-electron chi connectivity index (χ1n) is 6.31. The molecule has 0 fully saturated rings. The molecule has 2 N–H and O–H groups in total. The van der Waals surface area contributed by atoms with E-state index in [0.29, 0.717) is 5.69 Å².